The van der Waals surface area contributed by atoms with Gasteiger partial charge in [0.05, 0.1) is 0 Å². The van der Waals surface area contributed by atoms with Gasteiger partial charge in [-0.1, -0.05) is 48.8 Å². The van der Waals surface area contributed by atoms with Gasteiger partial charge in [0.1, 0.15) is 12.6 Å². The van der Waals surface area contributed by atoms with Crippen LogP contribution in [0.25, 0.3) is 0 Å². The fraction of sp³-hybridized carbons (Fsp3) is 0.609. The molecule has 3 atom stereocenters. The summed E-state index contributed by atoms with van der Waals surface area (Å²) in [7, 11) is 0. The molecule has 1 aromatic heterocycles. The third-order valence-electron chi connectivity index (χ3n) is 5.75. The Kier molecular flexibility index (Phi) is 8.25. The smallest absolute Gasteiger partial charge is 0.248 e. The lowest BCUT2D eigenvalue weighted by Crippen LogP contribution is -2.48. The third-order valence-corrected chi connectivity index (χ3v) is 5.75. The van der Waals surface area contributed by atoms with E-state index in [2.05, 4.69) is 64.5 Å². The van der Waals surface area contributed by atoms with Crippen LogP contribution in [-0.4, -0.2) is 47.2 Å². The Morgan fingerprint density at radius 3 is 2.80 bits per heavy atom. The maximum Gasteiger partial charge on any atom is 0.248 e. The number of guanidine groups is 1. The van der Waals surface area contributed by atoms with Crippen LogP contribution in [0.3, 0.4) is 0 Å². The largest absolute Gasteiger partial charge is 0.371 e. The van der Waals surface area contributed by atoms with Crippen molar-refractivity contribution in [3.8, 4) is 0 Å². The molecule has 3 rings (SSSR count). The molecule has 0 amide bonds. The van der Waals surface area contributed by atoms with E-state index in [4.69, 9.17) is 14.3 Å². The predicted octanol–water partition coefficient (Wildman–Crippen LogP) is 4.15. The Labute approximate surface area is 179 Å². The SMILES string of the molecule is CCNC(=NCc1nc(C(C)OCC)no1)N1CCC(c2ccccc2)C(CC)C1. The van der Waals surface area contributed by atoms with E-state index in [-0.39, 0.29) is 6.10 Å². The number of likely N-dealkylation sites (tertiary alicyclic amines) is 1. The van der Waals surface area contributed by atoms with Gasteiger partial charge in [-0.25, -0.2) is 4.99 Å². The molecule has 1 aromatic carbocycles. The first kappa shape index (κ1) is 22.3. The molecule has 1 N–H and O–H groups in total. The zero-order chi connectivity index (χ0) is 21.3. The van der Waals surface area contributed by atoms with E-state index in [0.29, 0.717) is 36.7 Å². The Morgan fingerprint density at radius 1 is 1.30 bits per heavy atom. The fourth-order valence-corrected chi connectivity index (χ4v) is 4.17. The van der Waals surface area contributed by atoms with Gasteiger partial charge in [-0.05, 0) is 44.6 Å². The van der Waals surface area contributed by atoms with E-state index >= 15 is 0 Å². The number of piperidine rings is 1. The van der Waals surface area contributed by atoms with Gasteiger partial charge in [-0.3, -0.25) is 0 Å². The fourth-order valence-electron chi connectivity index (χ4n) is 4.17. The van der Waals surface area contributed by atoms with Crippen LogP contribution in [0.5, 0.6) is 0 Å². The minimum atomic E-state index is -0.174. The summed E-state index contributed by atoms with van der Waals surface area (Å²) < 4.78 is 10.9. The van der Waals surface area contributed by atoms with Crippen molar-refractivity contribution in [1.82, 2.24) is 20.4 Å². The van der Waals surface area contributed by atoms with Crippen LogP contribution >= 0.6 is 0 Å². The molecule has 0 bridgehead atoms. The standard InChI is InChI=1S/C23H35N5O2/c1-5-18-16-28(14-13-20(18)19-11-9-8-10-12-19)23(24-6-2)25-15-21-26-22(27-30-21)17(4)29-7-3/h8-12,17-18,20H,5-7,13-16H2,1-4H3,(H,24,25). The van der Waals surface area contributed by atoms with Crippen molar-refractivity contribution in [2.45, 2.75) is 59.1 Å². The second kappa shape index (κ2) is 11.1. The Hall–Kier alpha value is -2.41. The number of nitrogens with one attached hydrogen (secondary N) is 1. The Morgan fingerprint density at radius 2 is 2.10 bits per heavy atom. The first-order chi connectivity index (χ1) is 14.7. The van der Waals surface area contributed by atoms with Gasteiger partial charge in [-0.15, -0.1) is 0 Å². The van der Waals surface area contributed by atoms with Crippen LogP contribution < -0.4 is 5.32 Å². The second-order valence-corrected chi connectivity index (χ2v) is 7.73. The summed E-state index contributed by atoms with van der Waals surface area (Å²) in [5, 5.41) is 7.46. The highest BCUT2D eigenvalue weighted by Crippen LogP contribution is 2.34. The topological polar surface area (TPSA) is 75.8 Å². The molecule has 2 heterocycles. The van der Waals surface area contributed by atoms with Gasteiger partial charge in [0.25, 0.3) is 0 Å². The maximum absolute atomic E-state index is 5.53. The van der Waals surface area contributed by atoms with Crippen molar-refractivity contribution in [1.29, 1.82) is 0 Å². The van der Waals surface area contributed by atoms with Crippen LogP contribution in [0.2, 0.25) is 0 Å². The molecular formula is C23H35N5O2. The third kappa shape index (κ3) is 5.59. The lowest BCUT2D eigenvalue weighted by atomic mass is 9.79. The number of hydrogen-bond acceptors (Lipinski definition) is 5. The molecule has 1 fully saturated rings. The van der Waals surface area contributed by atoms with Crippen molar-refractivity contribution in [3.63, 3.8) is 0 Å². The van der Waals surface area contributed by atoms with E-state index in [9.17, 15) is 0 Å². The number of aliphatic imine (C=N–C) groups is 1. The van der Waals surface area contributed by atoms with Crippen LogP contribution in [0, 0.1) is 5.92 Å². The highest BCUT2D eigenvalue weighted by atomic mass is 16.5. The molecule has 7 heteroatoms. The normalized spacial score (nSPS) is 20.9. The molecule has 0 saturated carbocycles. The van der Waals surface area contributed by atoms with Crippen molar-refractivity contribution >= 4 is 5.96 Å². The summed E-state index contributed by atoms with van der Waals surface area (Å²) in [5.74, 6) is 3.21. The molecule has 7 nitrogen and oxygen atoms in total. The average Bonchev–Trinajstić information content (AvgIpc) is 3.26. The zero-order valence-corrected chi connectivity index (χ0v) is 18.7. The minimum Gasteiger partial charge on any atom is -0.371 e. The van der Waals surface area contributed by atoms with Crippen LogP contribution in [0.4, 0.5) is 0 Å². The van der Waals surface area contributed by atoms with E-state index in [1.54, 1.807) is 0 Å². The highest BCUT2D eigenvalue weighted by Gasteiger charge is 2.30. The van der Waals surface area contributed by atoms with Crippen molar-refractivity contribution in [3.05, 3.63) is 47.6 Å². The van der Waals surface area contributed by atoms with Gasteiger partial charge in [0, 0.05) is 26.2 Å². The number of aromatic nitrogens is 2. The first-order valence-corrected chi connectivity index (χ1v) is 11.2. The monoisotopic (exact) mass is 413 g/mol. The first-order valence-electron chi connectivity index (χ1n) is 11.2. The molecule has 0 spiro atoms. The number of nitrogens with zero attached hydrogens (tertiary/aromatic N) is 4. The molecule has 0 radical (unpaired) electrons. The van der Waals surface area contributed by atoms with E-state index < -0.39 is 0 Å². The molecule has 1 aliphatic rings. The van der Waals surface area contributed by atoms with Gasteiger partial charge in [-0.2, -0.15) is 4.98 Å². The number of ether oxygens (including phenoxy) is 1. The summed E-state index contributed by atoms with van der Waals surface area (Å²) in [6, 6.07) is 10.9. The summed E-state index contributed by atoms with van der Waals surface area (Å²) in [6.45, 7) is 12.0. The highest BCUT2D eigenvalue weighted by molar-refractivity contribution is 5.80. The van der Waals surface area contributed by atoms with Crippen molar-refractivity contribution in [2.24, 2.45) is 10.9 Å². The zero-order valence-electron chi connectivity index (χ0n) is 18.7. The number of hydrogen-bond donors (Lipinski definition) is 1. The molecule has 1 saturated heterocycles. The predicted molar refractivity (Wildman–Crippen MR) is 118 cm³/mol. The van der Waals surface area contributed by atoms with Crippen molar-refractivity contribution < 1.29 is 9.26 Å². The van der Waals surface area contributed by atoms with Gasteiger partial charge >= 0.3 is 0 Å². The second-order valence-electron chi connectivity index (χ2n) is 7.73. The van der Waals surface area contributed by atoms with Crippen LogP contribution in [-0.2, 0) is 11.3 Å². The van der Waals surface area contributed by atoms with E-state index in [1.165, 1.54) is 5.56 Å². The molecule has 2 aromatic rings. The maximum atomic E-state index is 5.53. The molecule has 3 unspecified atom stereocenters. The lowest BCUT2D eigenvalue weighted by molar-refractivity contribution is 0.0683. The number of benzene rings is 1. The Bertz CT molecular complexity index is 792. The lowest BCUT2D eigenvalue weighted by Gasteiger charge is -2.40. The molecule has 0 aliphatic carbocycles. The number of rotatable bonds is 8. The van der Waals surface area contributed by atoms with Crippen molar-refractivity contribution in [2.75, 3.05) is 26.2 Å². The average molecular weight is 414 g/mol. The quantitative estimate of drug-likeness (QED) is 0.518. The summed E-state index contributed by atoms with van der Waals surface area (Å²) in [6.07, 6.45) is 2.11. The van der Waals surface area contributed by atoms with E-state index in [1.807, 2.05) is 13.8 Å². The molecular weight excluding hydrogens is 378 g/mol. The summed E-state index contributed by atoms with van der Waals surface area (Å²) in [5.41, 5.74) is 1.45. The molecule has 1 aliphatic heterocycles. The molecule has 30 heavy (non-hydrogen) atoms. The van der Waals surface area contributed by atoms with Crippen LogP contribution in [0.1, 0.15) is 69.8 Å². The minimum absolute atomic E-state index is 0.174. The Balaban J connectivity index is 1.67. The van der Waals surface area contributed by atoms with E-state index in [0.717, 1.165) is 38.4 Å². The van der Waals surface area contributed by atoms with Gasteiger partial charge in [0.2, 0.25) is 5.89 Å². The summed E-state index contributed by atoms with van der Waals surface area (Å²) >= 11 is 0. The van der Waals surface area contributed by atoms with Crippen LogP contribution in [0.15, 0.2) is 39.8 Å². The van der Waals surface area contributed by atoms with Gasteiger partial charge in [0.15, 0.2) is 11.8 Å². The van der Waals surface area contributed by atoms with Gasteiger partial charge < -0.3 is 19.5 Å². The molecule has 164 valence electrons. The summed E-state index contributed by atoms with van der Waals surface area (Å²) in [4.78, 5) is 11.6.